The Hall–Kier alpha value is -4.40. The van der Waals surface area contributed by atoms with Gasteiger partial charge in [-0.2, -0.15) is 5.06 Å². The molecule has 3 aliphatic carbocycles. The first-order valence-corrected chi connectivity index (χ1v) is 20.1. The summed E-state index contributed by atoms with van der Waals surface area (Å²) in [7, 11) is 5.36. The maximum Gasteiger partial charge on any atom is 0.270 e. The average Bonchev–Trinajstić information content (AvgIpc) is 3.56. The summed E-state index contributed by atoms with van der Waals surface area (Å²) in [4.78, 5) is 48.0. The molecule has 4 aliphatic rings. The number of ether oxygens (including phenoxy) is 1. The Labute approximate surface area is 335 Å². The van der Waals surface area contributed by atoms with Crippen LogP contribution >= 0.6 is 0 Å². The predicted octanol–water partition coefficient (Wildman–Crippen LogP) is 5.22. The van der Waals surface area contributed by atoms with Crippen molar-refractivity contribution in [3.8, 4) is 16.9 Å². The lowest BCUT2D eigenvalue weighted by Crippen LogP contribution is -2.62. The van der Waals surface area contributed by atoms with E-state index in [1.165, 1.54) is 30.7 Å². The second kappa shape index (κ2) is 17.6. The first kappa shape index (κ1) is 42.2. The molecular weight excluding hydrogens is 727 g/mol. The van der Waals surface area contributed by atoms with Gasteiger partial charge in [0.25, 0.3) is 11.6 Å². The number of carbonyl (C=O) groups is 2. The maximum atomic E-state index is 14.3. The number of para-hydroxylation sites is 1. The van der Waals surface area contributed by atoms with E-state index >= 15 is 0 Å². The molecule has 3 saturated carbocycles. The summed E-state index contributed by atoms with van der Waals surface area (Å²) in [5.74, 6) is 0.303. The van der Waals surface area contributed by atoms with Crippen molar-refractivity contribution in [1.82, 2.24) is 20.6 Å². The van der Waals surface area contributed by atoms with Gasteiger partial charge in [0.15, 0.2) is 0 Å². The molecule has 0 unspecified atom stereocenters. The number of hydrogen-bond acceptors (Lipinski definition) is 10. The third-order valence-electron chi connectivity index (χ3n) is 12.9. The van der Waals surface area contributed by atoms with Gasteiger partial charge in [0.1, 0.15) is 17.9 Å². The number of methoxy groups -OCH3 is 1. The van der Waals surface area contributed by atoms with Gasteiger partial charge in [-0.05, 0) is 87.1 Å². The number of aliphatic hydroxyl groups excluding tert-OH is 2. The molecule has 308 valence electrons. The van der Waals surface area contributed by atoms with Gasteiger partial charge in [0.05, 0.1) is 31.3 Å². The van der Waals surface area contributed by atoms with Crippen molar-refractivity contribution in [2.24, 2.45) is 29.1 Å². The summed E-state index contributed by atoms with van der Waals surface area (Å²) in [5, 5.41) is 41.4. The molecule has 0 aromatic heterocycles. The molecule has 57 heavy (non-hydrogen) atoms. The lowest BCUT2D eigenvalue weighted by atomic mass is 9.45. The van der Waals surface area contributed by atoms with Crippen LogP contribution in [0, 0.1) is 39.2 Å². The van der Waals surface area contributed by atoms with E-state index in [0.717, 1.165) is 18.4 Å². The van der Waals surface area contributed by atoms with E-state index in [0.29, 0.717) is 47.2 Å². The van der Waals surface area contributed by atoms with Crippen LogP contribution in [0.25, 0.3) is 11.1 Å². The molecule has 7 rings (SSSR count). The molecule has 4 fully saturated rings. The van der Waals surface area contributed by atoms with Crippen molar-refractivity contribution in [2.75, 3.05) is 34.4 Å². The molecule has 9 atom stereocenters. The predicted molar refractivity (Wildman–Crippen MR) is 217 cm³/mol. The SMILES string of the molecule is COc1c(CN2O[C@@H](CO)[C@@H]([C@H](C)O)[C@H]2C(=O)N[C@H]2C[C@@H]3C[C@@H]([C@@H]2C)C3(C)C)cccc1-c1cc(C(=O)N[C@@H](CCc2ccccc2)CN(C)C)cc([N+](=O)[O-])c1. The van der Waals surface area contributed by atoms with Gasteiger partial charge < -0.3 is 30.5 Å². The van der Waals surface area contributed by atoms with Crippen molar-refractivity contribution in [1.29, 1.82) is 0 Å². The first-order chi connectivity index (χ1) is 27.1. The number of hydroxylamine groups is 2. The summed E-state index contributed by atoms with van der Waals surface area (Å²) < 4.78 is 5.96. The third-order valence-corrected chi connectivity index (χ3v) is 12.9. The van der Waals surface area contributed by atoms with E-state index in [9.17, 15) is 29.9 Å². The minimum absolute atomic E-state index is 0.0147. The molecule has 3 aromatic rings. The fourth-order valence-corrected chi connectivity index (χ4v) is 9.74. The number of fused-ring (bicyclic) bond motifs is 2. The average molecular weight is 786 g/mol. The second-order valence-corrected chi connectivity index (χ2v) is 17.2. The van der Waals surface area contributed by atoms with Gasteiger partial charge >= 0.3 is 0 Å². The standard InChI is InChI=1S/C44H59N5O8/c1-26-36-21-32(44(36,3)4)22-37(26)46-43(53)40-39(27(2)51)38(25-50)57-48(40)23-29-14-11-15-35(41(29)56-7)30-18-31(20-34(19-30)49(54)55)42(52)45-33(24-47(5)6)17-16-28-12-9-8-10-13-28/h8-15,18-20,26-27,32-33,36-40,50-51H,16-17,21-25H2,1-7H3,(H,45,52)(H,46,53)/t26-,27-,32-,33-,36-,37-,38-,39+,40-/m0/s1. The Morgan fingerprint density at radius 1 is 1.11 bits per heavy atom. The molecule has 1 heterocycles. The highest BCUT2D eigenvalue weighted by atomic mass is 16.7. The lowest BCUT2D eigenvalue weighted by Gasteiger charge is -2.62. The number of likely N-dealkylation sites (N-methyl/N-ethyl adjacent to an activating group) is 1. The monoisotopic (exact) mass is 785 g/mol. The van der Waals surface area contributed by atoms with Crippen LogP contribution in [0.15, 0.2) is 66.7 Å². The minimum Gasteiger partial charge on any atom is -0.496 e. The Bertz CT molecular complexity index is 1900. The Morgan fingerprint density at radius 3 is 2.46 bits per heavy atom. The summed E-state index contributed by atoms with van der Waals surface area (Å²) in [6, 6.07) is 18.5. The number of nitrogens with one attached hydrogen (secondary N) is 2. The summed E-state index contributed by atoms with van der Waals surface area (Å²) >= 11 is 0. The van der Waals surface area contributed by atoms with Crippen LogP contribution in [0.4, 0.5) is 5.69 Å². The van der Waals surface area contributed by atoms with Crippen LogP contribution in [-0.4, -0.2) is 102 Å². The third kappa shape index (κ3) is 9.02. The number of nitrogens with zero attached hydrogens (tertiary/aromatic N) is 3. The normalized spacial score (nSPS) is 26.3. The van der Waals surface area contributed by atoms with Crippen LogP contribution in [0.3, 0.4) is 0 Å². The zero-order chi connectivity index (χ0) is 41.2. The zero-order valence-electron chi connectivity index (χ0n) is 34.2. The molecular formula is C44H59N5O8. The lowest BCUT2D eigenvalue weighted by molar-refractivity contribution is -0.384. The quantitative estimate of drug-likeness (QED) is 0.112. The zero-order valence-corrected chi connectivity index (χ0v) is 34.2. The molecule has 3 aromatic carbocycles. The highest BCUT2D eigenvalue weighted by molar-refractivity contribution is 5.97. The number of benzene rings is 3. The minimum atomic E-state index is -0.961. The van der Waals surface area contributed by atoms with Crippen LogP contribution in [0.2, 0.25) is 0 Å². The van der Waals surface area contributed by atoms with Crippen LogP contribution < -0.4 is 15.4 Å². The first-order valence-electron chi connectivity index (χ1n) is 20.1. The van der Waals surface area contributed by atoms with Gasteiger partial charge in [0, 0.05) is 53.4 Å². The van der Waals surface area contributed by atoms with E-state index < -0.39 is 41.6 Å². The largest absolute Gasteiger partial charge is 0.496 e. The number of carbonyl (C=O) groups excluding carboxylic acids is 2. The molecule has 4 N–H and O–H groups in total. The van der Waals surface area contributed by atoms with Crippen molar-refractivity contribution < 1.29 is 34.3 Å². The second-order valence-electron chi connectivity index (χ2n) is 17.2. The van der Waals surface area contributed by atoms with Crippen molar-refractivity contribution in [3.05, 3.63) is 93.5 Å². The van der Waals surface area contributed by atoms with Gasteiger partial charge in [-0.25, -0.2) is 0 Å². The van der Waals surface area contributed by atoms with E-state index in [2.05, 4.69) is 31.4 Å². The molecule has 0 radical (unpaired) electrons. The van der Waals surface area contributed by atoms with E-state index in [-0.39, 0.29) is 47.1 Å². The number of nitro benzene ring substituents is 1. The van der Waals surface area contributed by atoms with E-state index in [4.69, 9.17) is 9.57 Å². The number of hydrogen-bond donors (Lipinski definition) is 4. The topological polar surface area (TPSA) is 167 Å². The van der Waals surface area contributed by atoms with Gasteiger partial charge in [-0.3, -0.25) is 24.5 Å². The summed E-state index contributed by atoms with van der Waals surface area (Å²) in [5.41, 5.74) is 2.80. The molecule has 13 heteroatoms. The summed E-state index contributed by atoms with van der Waals surface area (Å²) in [6.45, 7) is 8.65. The molecule has 2 amide bonds. The molecule has 1 saturated heterocycles. The number of rotatable bonds is 16. The molecule has 13 nitrogen and oxygen atoms in total. The number of amides is 2. The van der Waals surface area contributed by atoms with Crippen molar-refractivity contribution in [3.63, 3.8) is 0 Å². The number of aryl methyl sites for hydroxylation is 1. The van der Waals surface area contributed by atoms with Crippen LogP contribution in [-0.2, 0) is 22.6 Å². The van der Waals surface area contributed by atoms with E-state index in [1.54, 1.807) is 25.1 Å². The molecule has 0 spiro atoms. The highest BCUT2D eigenvalue weighted by Gasteiger charge is 2.57. The van der Waals surface area contributed by atoms with Crippen molar-refractivity contribution in [2.45, 2.75) is 90.3 Å². The van der Waals surface area contributed by atoms with Gasteiger partial charge in [-0.1, -0.05) is 69.3 Å². The maximum absolute atomic E-state index is 14.3. The summed E-state index contributed by atoms with van der Waals surface area (Å²) in [6.07, 6.45) is 1.69. The van der Waals surface area contributed by atoms with Gasteiger partial charge in [-0.15, -0.1) is 0 Å². The number of nitro groups is 1. The fraction of sp³-hybridized carbons (Fsp3) is 0.545. The smallest absolute Gasteiger partial charge is 0.270 e. The fourth-order valence-electron chi connectivity index (χ4n) is 9.74. The Balaban J connectivity index is 1.27. The Morgan fingerprint density at radius 2 is 1.84 bits per heavy atom. The van der Waals surface area contributed by atoms with Gasteiger partial charge in [0.2, 0.25) is 5.91 Å². The van der Waals surface area contributed by atoms with Crippen molar-refractivity contribution >= 4 is 17.5 Å². The molecule has 1 aliphatic heterocycles. The van der Waals surface area contributed by atoms with Crippen LogP contribution in [0.5, 0.6) is 5.75 Å². The molecule has 2 bridgehead atoms. The van der Waals surface area contributed by atoms with Crippen LogP contribution in [0.1, 0.15) is 68.4 Å². The highest BCUT2D eigenvalue weighted by Crippen LogP contribution is 2.61. The Kier molecular flexibility index (Phi) is 13.0. The number of non-ortho nitro benzene ring substituents is 1. The number of aliphatic hydroxyl groups is 2. The van der Waals surface area contributed by atoms with E-state index in [1.807, 2.05) is 55.4 Å².